The predicted octanol–water partition coefficient (Wildman–Crippen LogP) is 2.19. The van der Waals surface area contributed by atoms with Crippen molar-refractivity contribution in [3.8, 4) is 5.75 Å². The average Bonchev–Trinajstić information content (AvgIpc) is 2.28. The lowest BCUT2D eigenvalue weighted by atomic mass is 10.2. The number of carbonyl (C=O) groups excluding carboxylic acids is 1. The summed E-state index contributed by atoms with van der Waals surface area (Å²) in [7, 11) is 1.35. The van der Waals surface area contributed by atoms with E-state index < -0.39 is 6.10 Å². The number of carbonyl (C=O) groups is 1. The maximum atomic E-state index is 11.1. The molecule has 0 amide bonds. The summed E-state index contributed by atoms with van der Waals surface area (Å²) in [5.41, 5.74) is 1.18. The molecule has 1 rings (SSSR count). The van der Waals surface area contributed by atoms with Gasteiger partial charge in [-0.2, -0.15) is 0 Å². The molecule has 0 aliphatic rings. The third kappa shape index (κ3) is 3.27. The lowest BCUT2D eigenvalue weighted by Gasteiger charge is -2.12. The Morgan fingerprint density at radius 2 is 2.20 bits per heavy atom. The molecule has 82 valence electrons. The molecule has 0 spiro atoms. The summed E-state index contributed by atoms with van der Waals surface area (Å²) < 4.78 is 10.0. The topological polar surface area (TPSA) is 35.5 Å². The molecule has 0 unspecified atom stereocenters. The highest BCUT2D eigenvalue weighted by Crippen LogP contribution is 2.15. The molecule has 0 aromatic heterocycles. The third-order valence-corrected chi connectivity index (χ3v) is 2.15. The first-order valence-corrected chi connectivity index (χ1v) is 5.00. The fourth-order valence-corrected chi connectivity index (χ4v) is 1.26. The van der Waals surface area contributed by atoms with Crippen LogP contribution in [0.3, 0.4) is 0 Å². The second-order valence-corrected chi connectivity index (χ2v) is 3.28. The second-order valence-electron chi connectivity index (χ2n) is 3.28. The van der Waals surface area contributed by atoms with E-state index >= 15 is 0 Å². The van der Waals surface area contributed by atoms with Gasteiger partial charge in [-0.3, -0.25) is 0 Å². The standard InChI is InChI=1S/C12H16O3/c1-4-10-6-5-7-11(8-10)15-9(2)12(13)14-3/h5-9H,4H2,1-3H3/t9-/m1/s1. The Labute approximate surface area is 90.0 Å². The van der Waals surface area contributed by atoms with Crippen LogP contribution < -0.4 is 4.74 Å². The highest BCUT2D eigenvalue weighted by atomic mass is 16.6. The van der Waals surface area contributed by atoms with Gasteiger partial charge in [0.25, 0.3) is 0 Å². The van der Waals surface area contributed by atoms with Gasteiger partial charge < -0.3 is 9.47 Å². The van der Waals surface area contributed by atoms with Gasteiger partial charge in [0.05, 0.1) is 7.11 Å². The third-order valence-electron chi connectivity index (χ3n) is 2.15. The molecule has 3 nitrogen and oxygen atoms in total. The Morgan fingerprint density at radius 3 is 2.80 bits per heavy atom. The van der Waals surface area contributed by atoms with Crippen molar-refractivity contribution in [1.82, 2.24) is 0 Å². The van der Waals surface area contributed by atoms with Crippen molar-refractivity contribution < 1.29 is 14.3 Å². The van der Waals surface area contributed by atoms with Gasteiger partial charge in [-0.25, -0.2) is 4.79 Å². The Bertz CT molecular complexity index is 333. The van der Waals surface area contributed by atoms with Crippen molar-refractivity contribution in [3.63, 3.8) is 0 Å². The molecule has 1 aromatic rings. The Kier molecular flexibility index (Phi) is 4.16. The van der Waals surface area contributed by atoms with Gasteiger partial charge >= 0.3 is 5.97 Å². The van der Waals surface area contributed by atoms with Gasteiger partial charge in [-0.1, -0.05) is 19.1 Å². The average molecular weight is 208 g/mol. The highest BCUT2D eigenvalue weighted by molar-refractivity contribution is 5.74. The largest absolute Gasteiger partial charge is 0.479 e. The van der Waals surface area contributed by atoms with Crippen LogP contribution in [0.5, 0.6) is 5.75 Å². The molecular formula is C12H16O3. The minimum absolute atomic E-state index is 0.364. The smallest absolute Gasteiger partial charge is 0.346 e. The first kappa shape index (κ1) is 11.6. The number of ether oxygens (including phenoxy) is 2. The first-order chi connectivity index (χ1) is 7.17. The van der Waals surface area contributed by atoms with Crippen LogP contribution in [0.4, 0.5) is 0 Å². The fraction of sp³-hybridized carbons (Fsp3) is 0.417. The monoisotopic (exact) mass is 208 g/mol. The zero-order chi connectivity index (χ0) is 11.3. The van der Waals surface area contributed by atoms with Crippen molar-refractivity contribution in [3.05, 3.63) is 29.8 Å². The lowest BCUT2D eigenvalue weighted by Crippen LogP contribution is -2.24. The lowest BCUT2D eigenvalue weighted by molar-refractivity contribution is -0.147. The van der Waals surface area contributed by atoms with Crippen LogP contribution in [-0.2, 0) is 16.0 Å². The number of hydrogen-bond acceptors (Lipinski definition) is 3. The van der Waals surface area contributed by atoms with E-state index in [9.17, 15) is 4.79 Å². The van der Waals surface area contributed by atoms with E-state index in [1.807, 2.05) is 24.3 Å². The Hall–Kier alpha value is -1.51. The summed E-state index contributed by atoms with van der Waals surface area (Å²) in [5.74, 6) is 0.337. The van der Waals surface area contributed by atoms with E-state index in [0.717, 1.165) is 6.42 Å². The molecule has 0 radical (unpaired) electrons. The van der Waals surface area contributed by atoms with Crippen LogP contribution in [0, 0.1) is 0 Å². The van der Waals surface area contributed by atoms with Crippen molar-refractivity contribution in [2.24, 2.45) is 0 Å². The normalized spacial score (nSPS) is 11.9. The summed E-state index contributed by atoms with van der Waals surface area (Å²) in [5, 5.41) is 0. The fourth-order valence-electron chi connectivity index (χ4n) is 1.26. The molecule has 0 N–H and O–H groups in total. The number of rotatable bonds is 4. The van der Waals surface area contributed by atoms with Crippen LogP contribution >= 0.6 is 0 Å². The van der Waals surface area contributed by atoms with Crippen LogP contribution in [0.2, 0.25) is 0 Å². The summed E-state index contributed by atoms with van der Waals surface area (Å²) in [6, 6.07) is 7.70. The summed E-state index contributed by atoms with van der Waals surface area (Å²) in [4.78, 5) is 11.1. The maximum Gasteiger partial charge on any atom is 0.346 e. The van der Waals surface area contributed by atoms with Crippen molar-refractivity contribution >= 4 is 5.97 Å². The SMILES string of the molecule is CCc1cccc(O[C@H](C)C(=O)OC)c1. The minimum Gasteiger partial charge on any atom is -0.479 e. The molecule has 1 aromatic carbocycles. The van der Waals surface area contributed by atoms with E-state index in [1.165, 1.54) is 12.7 Å². The predicted molar refractivity (Wildman–Crippen MR) is 57.9 cm³/mol. The number of hydrogen-bond donors (Lipinski definition) is 0. The molecule has 3 heteroatoms. The Balaban J connectivity index is 2.67. The molecule has 0 aliphatic heterocycles. The molecule has 0 heterocycles. The van der Waals surface area contributed by atoms with Crippen LogP contribution in [0.15, 0.2) is 24.3 Å². The summed E-state index contributed by atoms with van der Waals surface area (Å²) in [6.45, 7) is 3.74. The number of methoxy groups -OCH3 is 1. The van der Waals surface area contributed by atoms with E-state index in [1.54, 1.807) is 6.92 Å². The van der Waals surface area contributed by atoms with Gasteiger partial charge in [0.2, 0.25) is 0 Å². The van der Waals surface area contributed by atoms with E-state index in [0.29, 0.717) is 5.75 Å². The van der Waals surface area contributed by atoms with Gasteiger partial charge in [0.1, 0.15) is 5.75 Å². The van der Waals surface area contributed by atoms with Gasteiger partial charge in [0, 0.05) is 0 Å². The number of esters is 1. The molecule has 0 saturated carbocycles. The number of benzene rings is 1. The maximum absolute atomic E-state index is 11.1. The summed E-state index contributed by atoms with van der Waals surface area (Å²) in [6.07, 6.45) is 0.381. The zero-order valence-electron chi connectivity index (χ0n) is 9.32. The molecule has 0 bridgehead atoms. The van der Waals surface area contributed by atoms with Crippen LogP contribution in [-0.4, -0.2) is 19.2 Å². The molecular weight excluding hydrogens is 192 g/mol. The molecule has 1 atom stereocenters. The second kappa shape index (κ2) is 5.39. The van der Waals surface area contributed by atoms with Gasteiger partial charge in [-0.05, 0) is 31.0 Å². The highest BCUT2D eigenvalue weighted by Gasteiger charge is 2.14. The molecule has 0 saturated heterocycles. The number of aryl methyl sites for hydroxylation is 1. The Morgan fingerprint density at radius 1 is 1.47 bits per heavy atom. The van der Waals surface area contributed by atoms with Crippen molar-refractivity contribution in [1.29, 1.82) is 0 Å². The van der Waals surface area contributed by atoms with E-state index in [2.05, 4.69) is 11.7 Å². The first-order valence-electron chi connectivity index (χ1n) is 5.00. The van der Waals surface area contributed by atoms with Crippen molar-refractivity contribution in [2.45, 2.75) is 26.4 Å². The van der Waals surface area contributed by atoms with E-state index in [-0.39, 0.29) is 5.97 Å². The van der Waals surface area contributed by atoms with E-state index in [4.69, 9.17) is 4.74 Å². The van der Waals surface area contributed by atoms with Crippen LogP contribution in [0.1, 0.15) is 19.4 Å². The minimum atomic E-state index is -0.567. The van der Waals surface area contributed by atoms with Gasteiger partial charge in [0.15, 0.2) is 6.10 Å². The molecule has 0 fully saturated rings. The molecule has 0 aliphatic carbocycles. The van der Waals surface area contributed by atoms with Crippen molar-refractivity contribution in [2.75, 3.05) is 7.11 Å². The zero-order valence-corrected chi connectivity index (χ0v) is 9.32. The van der Waals surface area contributed by atoms with Gasteiger partial charge in [-0.15, -0.1) is 0 Å². The quantitative estimate of drug-likeness (QED) is 0.711. The van der Waals surface area contributed by atoms with Crippen LogP contribution in [0.25, 0.3) is 0 Å². The molecule has 15 heavy (non-hydrogen) atoms. The summed E-state index contributed by atoms with van der Waals surface area (Å²) >= 11 is 0.